The van der Waals surface area contributed by atoms with Gasteiger partial charge in [0.1, 0.15) is 26.2 Å². The van der Waals surface area contributed by atoms with Gasteiger partial charge in [-0.3, -0.25) is 9.11 Å². The lowest BCUT2D eigenvalue weighted by molar-refractivity contribution is 0.481. The van der Waals surface area contributed by atoms with Crippen LogP contribution in [0.3, 0.4) is 0 Å². The number of fused-ring (bicyclic) bond motifs is 2. The molecule has 4 N–H and O–H groups in total. The van der Waals surface area contributed by atoms with E-state index in [4.69, 9.17) is 11.6 Å². The van der Waals surface area contributed by atoms with Crippen molar-refractivity contribution in [3.05, 3.63) is 77.7 Å². The third-order valence-corrected chi connectivity index (χ3v) is 7.96. The molecule has 0 radical (unpaired) electrons. The number of hydrogen-bond acceptors (Lipinski definition) is 10. The van der Waals surface area contributed by atoms with Gasteiger partial charge in [0.05, 0.1) is 0 Å². The minimum atomic E-state index is -4.98. The van der Waals surface area contributed by atoms with E-state index in [1.807, 2.05) is 0 Å². The standard InChI is InChI=1S/C24H14ClF2N5O7S2/c25-19-22(26)29-24(27)30-23(19)28-12-5-6-13-11(10-12)4-8-16(20(13)33)31-32-17-9-7-14-15(21(17)41(37,38)39)2-1-3-18(14)40(34,35)36/h1-10,33H,(H,28,29,30)(H,34,35,36)(H,37,38,39). The van der Waals surface area contributed by atoms with Gasteiger partial charge in [0.25, 0.3) is 20.2 Å². The van der Waals surface area contributed by atoms with Crippen LogP contribution in [0.25, 0.3) is 21.5 Å². The number of phenolic OH excluding ortho intramolecular Hbond substituents is 1. The largest absolute Gasteiger partial charge is 0.505 e. The summed E-state index contributed by atoms with van der Waals surface area (Å²) in [7, 11) is -9.70. The monoisotopic (exact) mass is 621 g/mol. The Bertz CT molecular complexity index is 2150. The van der Waals surface area contributed by atoms with E-state index >= 15 is 0 Å². The Labute approximate surface area is 234 Å². The molecule has 4 aromatic carbocycles. The van der Waals surface area contributed by atoms with Crippen LogP contribution in [-0.4, -0.2) is 41.0 Å². The van der Waals surface area contributed by atoms with Crippen LogP contribution in [0.2, 0.25) is 5.02 Å². The van der Waals surface area contributed by atoms with E-state index in [2.05, 4.69) is 25.5 Å². The number of phenols is 1. The quantitative estimate of drug-likeness (QED) is 0.0748. The van der Waals surface area contributed by atoms with E-state index in [1.54, 1.807) is 0 Å². The van der Waals surface area contributed by atoms with E-state index in [9.17, 15) is 39.8 Å². The summed E-state index contributed by atoms with van der Waals surface area (Å²) in [6, 6.07) is 13.0. The van der Waals surface area contributed by atoms with Gasteiger partial charge in [-0.05, 0) is 41.8 Å². The van der Waals surface area contributed by atoms with Crippen LogP contribution in [0.1, 0.15) is 0 Å². The van der Waals surface area contributed by atoms with E-state index in [0.29, 0.717) is 11.1 Å². The molecule has 5 aromatic rings. The average molecular weight is 622 g/mol. The van der Waals surface area contributed by atoms with Crippen molar-refractivity contribution < 1.29 is 39.8 Å². The highest BCUT2D eigenvalue weighted by Crippen LogP contribution is 2.40. The molecule has 0 amide bonds. The maximum Gasteiger partial charge on any atom is 0.313 e. The summed E-state index contributed by atoms with van der Waals surface area (Å²) in [4.78, 5) is 4.95. The lowest BCUT2D eigenvalue weighted by atomic mass is 10.1. The highest BCUT2D eigenvalue weighted by molar-refractivity contribution is 7.86. The lowest BCUT2D eigenvalue weighted by Crippen LogP contribution is -2.03. The zero-order valence-electron chi connectivity index (χ0n) is 20.0. The van der Waals surface area contributed by atoms with Crippen LogP contribution in [-0.2, 0) is 20.2 Å². The smallest absolute Gasteiger partial charge is 0.313 e. The molecule has 17 heteroatoms. The number of aromatic nitrogens is 2. The molecule has 0 unspecified atom stereocenters. The fraction of sp³-hybridized carbons (Fsp3) is 0. The topological polar surface area (TPSA) is 191 Å². The van der Waals surface area contributed by atoms with Crippen LogP contribution in [0.4, 0.5) is 31.7 Å². The van der Waals surface area contributed by atoms with Crippen LogP contribution in [0, 0.1) is 12.0 Å². The highest BCUT2D eigenvalue weighted by atomic mass is 35.5. The zero-order valence-corrected chi connectivity index (χ0v) is 22.4. The van der Waals surface area contributed by atoms with Crippen LogP contribution >= 0.6 is 11.6 Å². The van der Waals surface area contributed by atoms with Gasteiger partial charge >= 0.3 is 6.08 Å². The first-order valence-electron chi connectivity index (χ1n) is 11.1. The van der Waals surface area contributed by atoms with E-state index in [1.165, 1.54) is 48.5 Å². The summed E-state index contributed by atoms with van der Waals surface area (Å²) in [6.07, 6.45) is -1.33. The van der Waals surface area contributed by atoms with Crippen molar-refractivity contribution in [1.29, 1.82) is 0 Å². The normalized spacial score (nSPS) is 12.4. The first-order chi connectivity index (χ1) is 19.2. The van der Waals surface area contributed by atoms with E-state index < -0.39 is 47.1 Å². The molecule has 0 fully saturated rings. The predicted octanol–water partition coefficient (Wildman–Crippen LogP) is 6.07. The van der Waals surface area contributed by atoms with Crippen molar-refractivity contribution in [3.63, 3.8) is 0 Å². The summed E-state index contributed by atoms with van der Waals surface area (Å²) in [6.45, 7) is 0. The van der Waals surface area contributed by atoms with Crippen molar-refractivity contribution >= 4 is 76.3 Å². The van der Waals surface area contributed by atoms with E-state index in [-0.39, 0.29) is 39.1 Å². The first-order valence-corrected chi connectivity index (χ1v) is 14.3. The Morgan fingerprint density at radius 2 is 1.49 bits per heavy atom. The molecule has 1 aromatic heterocycles. The highest BCUT2D eigenvalue weighted by Gasteiger charge is 2.23. The number of rotatable bonds is 6. The van der Waals surface area contributed by atoms with Crippen molar-refractivity contribution in [2.45, 2.75) is 9.79 Å². The maximum absolute atomic E-state index is 13.6. The molecular formula is C24H14ClF2N5O7S2. The van der Waals surface area contributed by atoms with Gasteiger partial charge in [0, 0.05) is 21.8 Å². The second kappa shape index (κ2) is 10.2. The molecule has 0 saturated carbocycles. The molecule has 0 atom stereocenters. The third kappa shape index (κ3) is 5.50. The molecule has 0 spiro atoms. The minimum absolute atomic E-state index is 0.103. The van der Waals surface area contributed by atoms with Crippen molar-refractivity contribution in [3.8, 4) is 5.75 Å². The van der Waals surface area contributed by atoms with Crippen molar-refractivity contribution in [2.24, 2.45) is 10.2 Å². The number of aromatic hydroxyl groups is 1. The SMILES string of the molecule is O=S(=O)(O)c1cccc2c(S(=O)(=O)O)c(N=Nc3ccc4cc(Nc5nc(F)nc(F)c5Cl)ccc4c3O)ccc12. The Kier molecular flexibility index (Phi) is 7.04. The molecule has 0 aliphatic heterocycles. The van der Waals surface area contributed by atoms with Gasteiger partial charge in [-0.2, -0.15) is 35.6 Å². The summed E-state index contributed by atoms with van der Waals surface area (Å²) >= 11 is 5.78. The van der Waals surface area contributed by atoms with Gasteiger partial charge in [0.15, 0.2) is 11.6 Å². The van der Waals surface area contributed by atoms with Crippen LogP contribution in [0.5, 0.6) is 5.75 Å². The molecule has 5 rings (SSSR count). The Morgan fingerprint density at radius 1 is 0.805 bits per heavy atom. The molecular weight excluding hydrogens is 608 g/mol. The van der Waals surface area contributed by atoms with Crippen molar-refractivity contribution in [1.82, 2.24) is 9.97 Å². The Morgan fingerprint density at radius 3 is 2.20 bits per heavy atom. The van der Waals surface area contributed by atoms with Crippen LogP contribution < -0.4 is 5.32 Å². The summed E-state index contributed by atoms with van der Waals surface area (Å²) in [5.41, 5.74) is -0.175. The number of nitrogens with one attached hydrogen (secondary N) is 1. The molecule has 0 bridgehead atoms. The van der Waals surface area contributed by atoms with Gasteiger partial charge in [-0.25, -0.2) is 0 Å². The Balaban J connectivity index is 1.54. The maximum atomic E-state index is 13.6. The van der Waals surface area contributed by atoms with Gasteiger partial charge in [-0.15, -0.1) is 10.2 Å². The van der Waals surface area contributed by atoms with Gasteiger partial charge < -0.3 is 10.4 Å². The van der Waals surface area contributed by atoms with Gasteiger partial charge in [0.2, 0.25) is 5.95 Å². The fourth-order valence-electron chi connectivity index (χ4n) is 4.05. The number of hydrogen-bond donors (Lipinski definition) is 4. The summed E-state index contributed by atoms with van der Waals surface area (Å²) in [5, 5.41) is 20.9. The molecule has 12 nitrogen and oxygen atoms in total. The summed E-state index contributed by atoms with van der Waals surface area (Å²) in [5.74, 6) is -1.94. The molecule has 0 saturated heterocycles. The number of nitrogens with zero attached hydrogens (tertiary/aromatic N) is 4. The van der Waals surface area contributed by atoms with Gasteiger partial charge in [-0.1, -0.05) is 35.9 Å². The lowest BCUT2D eigenvalue weighted by Gasteiger charge is -2.10. The molecule has 210 valence electrons. The minimum Gasteiger partial charge on any atom is -0.505 e. The second-order valence-corrected chi connectivity index (χ2v) is 11.5. The number of halogens is 3. The molecule has 0 aliphatic carbocycles. The molecule has 1 heterocycles. The van der Waals surface area contributed by atoms with Crippen molar-refractivity contribution in [2.75, 3.05) is 5.32 Å². The Hall–Kier alpha value is -4.35. The summed E-state index contributed by atoms with van der Waals surface area (Å²) < 4.78 is 94.3. The number of benzene rings is 4. The number of azo groups is 1. The third-order valence-electron chi connectivity index (χ3n) is 5.77. The van der Waals surface area contributed by atoms with E-state index in [0.717, 1.165) is 12.1 Å². The average Bonchev–Trinajstić information content (AvgIpc) is 2.89. The first kappa shape index (κ1) is 28.2. The zero-order chi connectivity index (χ0) is 29.7. The predicted molar refractivity (Wildman–Crippen MR) is 144 cm³/mol. The fourth-order valence-corrected chi connectivity index (χ4v) is 5.71. The number of anilines is 2. The molecule has 41 heavy (non-hydrogen) atoms. The molecule has 0 aliphatic rings. The van der Waals surface area contributed by atoms with Crippen LogP contribution in [0.15, 0.2) is 80.7 Å². The second-order valence-electron chi connectivity index (χ2n) is 8.36.